The Bertz CT molecular complexity index is 1120. The number of hydrogen-bond acceptors (Lipinski definition) is 7. The first-order valence-corrected chi connectivity index (χ1v) is 11.7. The zero-order valence-electron chi connectivity index (χ0n) is 16.2. The number of carbonyl (C=O) groups excluding carboxylic acids is 1. The fraction of sp³-hybridized carbons (Fsp3) is 0.273. The van der Waals surface area contributed by atoms with Gasteiger partial charge in [0.1, 0.15) is 10.7 Å². The van der Waals surface area contributed by atoms with E-state index in [0.717, 1.165) is 35.5 Å². The summed E-state index contributed by atoms with van der Waals surface area (Å²) in [7, 11) is 0. The van der Waals surface area contributed by atoms with Crippen molar-refractivity contribution >= 4 is 28.6 Å². The van der Waals surface area contributed by atoms with Crippen molar-refractivity contribution in [3.05, 3.63) is 64.1 Å². The van der Waals surface area contributed by atoms with Gasteiger partial charge >= 0.3 is 0 Å². The van der Waals surface area contributed by atoms with Gasteiger partial charge in [-0.2, -0.15) is 16.3 Å². The lowest BCUT2D eigenvalue weighted by Gasteiger charge is -2.31. The minimum atomic E-state index is 0.00243. The van der Waals surface area contributed by atoms with E-state index in [1.54, 1.807) is 11.3 Å². The zero-order chi connectivity index (χ0) is 20.3. The fourth-order valence-electron chi connectivity index (χ4n) is 3.76. The molecule has 1 atom stereocenters. The summed E-state index contributed by atoms with van der Waals surface area (Å²) < 4.78 is 5.45. The second-order valence-corrected chi connectivity index (χ2v) is 9.03. The Balaban J connectivity index is 1.24. The molecule has 0 radical (unpaired) electrons. The first-order chi connectivity index (χ1) is 14.8. The van der Waals surface area contributed by atoms with Crippen LogP contribution in [0.3, 0.4) is 0 Å². The van der Waals surface area contributed by atoms with Crippen molar-refractivity contribution in [3.63, 3.8) is 0 Å². The number of aromatic nitrogens is 3. The molecule has 152 valence electrons. The Kier molecular flexibility index (Phi) is 5.42. The van der Waals surface area contributed by atoms with Crippen LogP contribution in [0.15, 0.2) is 57.1 Å². The van der Waals surface area contributed by atoms with Crippen LogP contribution < -0.4 is 0 Å². The van der Waals surface area contributed by atoms with Gasteiger partial charge in [-0.05, 0) is 30.2 Å². The van der Waals surface area contributed by atoms with Crippen molar-refractivity contribution in [2.24, 2.45) is 5.92 Å². The lowest BCUT2D eigenvalue weighted by atomic mass is 9.94. The van der Waals surface area contributed by atoms with Crippen LogP contribution in [-0.2, 0) is 6.42 Å². The quantitative estimate of drug-likeness (QED) is 0.439. The lowest BCUT2D eigenvalue weighted by molar-refractivity contribution is 0.0663. The SMILES string of the molecule is O=C(c1csc(-c2ccccc2)n1)N1CCCC(Cc2nc(-c3ccsc3)no2)C1. The fourth-order valence-corrected chi connectivity index (χ4v) is 5.19. The van der Waals surface area contributed by atoms with Gasteiger partial charge in [0.15, 0.2) is 0 Å². The van der Waals surface area contributed by atoms with Gasteiger partial charge in [-0.15, -0.1) is 11.3 Å². The van der Waals surface area contributed by atoms with Crippen molar-refractivity contribution in [3.8, 4) is 22.0 Å². The molecule has 0 saturated carbocycles. The monoisotopic (exact) mass is 436 g/mol. The van der Waals surface area contributed by atoms with E-state index < -0.39 is 0 Å². The number of carbonyl (C=O) groups is 1. The van der Waals surface area contributed by atoms with E-state index >= 15 is 0 Å². The van der Waals surface area contributed by atoms with Gasteiger partial charge in [0.05, 0.1) is 0 Å². The molecule has 1 unspecified atom stereocenters. The Morgan fingerprint density at radius 3 is 2.87 bits per heavy atom. The molecule has 0 aliphatic carbocycles. The molecule has 0 spiro atoms. The van der Waals surface area contributed by atoms with Crippen LogP contribution in [0, 0.1) is 5.92 Å². The summed E-state index contributed by atoms with van der Waals surface area (Å²) in [6.45, 7) is 1.45. The van der Waals surface area contributed by atoms with Crippen LogP contribution in [0.5, 0.6) is 0 Å². The molecule has 1 amide bonds. The first-order valence-electron chi connectivity index (χ1n) is 9.91. The highest BCUT2D eigenvalue weighted by Gasteiger charge is 2.27. The summed E-state index contributed by atoms with van der Waals surface area (Å²) in [5.74, 6) is 1.58. The summed E-state index contributed by atoms with van der Waals surface area (Å²) in [5, 5.41) is 10.8. The summed E-state index contributed by atoms with van der Waals surface area (Å²) in [6.07, 6.45) is 2.71. The smallest absolute Gasteiger partial charge is 0.273 e. The topological polar surface area (TPSA) is 72.1 Å². The van der Waals surface area contributed by atoms with Crippen LogP contribution in [0.4, 0.5) is 0 Å². The van der Waals surface area contributed by atoms with Gasteiger partial charge < -0.3 is 9.42 Å². The molecule has 0 bridgehead atoms. The van der Waals surface area contributed by atoms with Gasteiger partial charge in [0.2, 0.25) is 11.7 Å². The second-order valence-electron chi connectivity index (χ2n) is 7.39. The maximum Gasteiger partial charge on any atom is 0.273 e. The van der Waals surface area contributed by atoms with Crippen LogP contribution in [0.1, 0.15) is 29.2 Å². The zero-order valence-corrected chi connectivity index (χ0v) is 17.9. The normalized spacial score (nSPS) is 16.7. The third-order valence-electron chi connectivity index (χ3n) is 5.26. The highest BCUT2D eigenvalue weighted by molar-refractivity contribution is 7.13. The third kappa shape index (κ3) is 4.06. The Hall–Kier alpha value is -2.84. The Morgan fingerprint density at radius 2 is 2.03 bits per heavy atom. The molecular weight excluding hydrogens is 416 g/mol. The van der Waals surface area contributed by atoms with Crippen LogP contribution in [0.25, 0.3) is 22.0 Å². The van der Waals surface area contributed by atoms with E-state index in [1.165, 1.54) is 11.3 Å². The van der Waals surface area contributed by atoms with Gasteiger partial charge in [0.25, 0.3) is 5.91 Å². The molecule has 0 N–H and O–H groups in total. The van der Waals surface area contributed by atoms with E-state index in [2.05, 4.69) is 15.1 Å². The number of likely N-dealkylation sites (tertiary alicyclic amines) is 1. The summed E-state index contributed by atoms with van der Waals surface area (Å²) in [5.41, 5.74) is 2.54. The molecule has 1 fully saturated rings. The number of piperidine rings is 1. The van der Waals surface area contributed by atoms with E-state index in [0.29, 0.717) is 36.3 Å². The van der Waals surface area contributed by atoms with E-state index in [4.69, 9.17) is 4.52 Å². The molecule has 5 rings (SSSR count). The summed E-state index contributed by atoms with van der Waals surface area (Å²) in [6, 6.07) is 11.9. The van der Waals surface area contributed by atoms with E-state index in [1.807, 2.05) is 57.4 Å². The van der Waals surface area contributed by atoms with Gasteiger partial charge in [-0.3, -0.25) is 4.79 Å². The number of thiazole rings is 1. The van der Waals surface area contributed by atoms with E-state index in [-0.39, 0.29) is 5.91 Å². The summed E-state index contributed by atoms with van der Waals surface area (Å²) >= 11 is 3.12. The third-order valence-corrected chi connectivity index (χ3v) is 6.84. The van der Waals surface area contributed by atoms with Crippen LogP contribution in [-0.4, -0.2) is 39.0 Å². The number of thiophene rings is 1. The molecule has 1 aromatic carbocycles. The highest BCUT2D eigenvalue weighted by Crippen LogP contribution is 2.27. The number of rotatable bonds is 5. The van der Waals surface area contributed by atoms with Crippen molar-refractivity contribution in [2.45, 2.75) is 19.3 Å². The molecule has 6 nitrogen and oxygen atoms in total. The van der Waals surface area contributed by atoms with Gasteiger partial charge in [0, 0.05) is 41.4 Å². The predicted octanol–water partition coefficient (Wildman–Crippen LogP) is 5.02. The minimum absolute atomic E-state index is 0.00243. The van der Waals surface area contributed by atoms with Crippen molar-refractivity contribution in [1.82, 2.24) is 20.0 Å². The van der Waals surface area contributed by atoms with Crippen LogP contribution >= 0.6 is 22.7 Å². The number of benzene rings is 1. The van der Waals surface area contributed by atoms with Crippen molar-refractivity contribution < 1.29 is 9.32 Å². The largest absolute Gasteiger partial charge is 0.339 e. The average molecular weight is 437 g/mol. The predicted molar refractivity (Wildman–Crippen MR) is 117 cm³/mol. The average Bonchev–Trinajstić information content (AvgIpc) is 3.55. The van der Waals surface area contributed by atoms with Gasteiger partial charge in [-0.1, -0.05) is 35.5 Å². The molecule has 1 saturated heterocycles. The van der Waals surface area contributed by atoms with Crippen LogP contribution in [0.2, 0.25) is 0 Å². The van der Waals surface area contributed by atoms with Crippen molar-refractivity contribution in [1.29, 1.82) is 0 Å². The number of amides is 1. The number of hydrogen-bond donors (Lipinski definition) is 0. The molecule has 1 aliphatic rings. The molecule has 3 aromatic heterocycles. The Morgan fingerprint density at radius 1 is 1.13 bits per heavy atom. The van der Waals surface area contributed by atoms with E-state index in [9.17, 15) is 4.79 Å². The molecule has 8 heteroatoms. The number of nitrogens with zero attached hydrogens (tertiary/aromatic N) is 4. The Labute approximate surface area is 182 Å². The molecule has 4 heterocycles. The molecule has 30 heavy (non-hydrogen) atoms. The van der Waals surface area contributed by atoms with Gasteiger partial charge in [-0.25, -0.2) is 4.98 Å². The maximum atomic E-state index is 13.0. The second kappa shape index (κ2) is 8.49. The lowest BCUT2D eigenvalue weighted by Crippen LogP contribution is -2.40. The first kappa shape index (κ1) is 19.1. The molecule has 1 aliphatic heterocycles. The summed E-state index contributed by atoms with van der Waals surface area (Å²) in [4.78, 5) is 24.0. The maximum absolute atomic E-state index is 13.0. The molecular formula is C22H20N4O2S2. The minimum Gasteiger partial charge on any atom is -0.339 e. The molecule has 4 aromatic rings. The highest BCUT2D eigenvalue weighted by atomic mass is 32.1. The van der Waals surface area contributed by atoms with Crippen molar-refractivity contribution in [2.75, 3.05) is 13.1 Å². The standard InChI is InChI=1S/C22H20N4O2S2/c27-22(18-14-30-21(23-18)16-6-2-1-3-7-16)26-9-4-5-15(12-26)11-19-24-20(25-28-19)17-8-10-29-13-17/h1-3,6-8,10,13-15H,4-5,9,11-12H2.